The van der Waals surface area contributed by atoms with E-state index < -0.39 is 23.5 Å². The Morgan fingerprint density at radius 3 is 2.56 bits per heavy atom. The molecule has 0 unspecified atom stereocenters. The third-order valence-electron chi connectivity index (χ3n) is 7.36. The van der Waals surface area contributed by atoms with E-state index in [1.165, 1.54) is 24.4 Å². The van der Waals surface area contributed by atoms with Crippen LogP contribution >= 0.6 is 11.8 Å². The number of nitrogens with two attached hydrogens (primary N) is 1. The molecule has 3 aromatic rings. The first-order chi connectivity index (χ1) is 20.6. The van der Waals surface area contributed by atoms with Crippen molar-refractivity contribution < 1.29 is 22.7 Å². The smallest absolute Gasteiger partial charge is 0.382 e. The predicted octanol–water partition coefficient (Wildman–Crippen LogP) is 4.33. The van der Waals surface area contributed by atoms with Gasteiger partial charge in [-0.05, 0) is 50.2 Å². The lowest BCUT2D eigenvalue weighted by Crippen LogP contribution is -2.44. The van der Waals surface area contributed by atoms with Crippen LogP contribution in [0, 0.1) is 5.41 Å². The molecule has 1 amide bonds. The maximum absolute atomic E-state index is 13.5. The van der Waals surface area contributed by atoms with Gasteiger partial charge in [-0.2, -0.15) is 13.2 Å². The molecule has 5 N–H and O–H groups in total. The van der Waals surface area contributed by atoms with Crippen molar-refractivity contribution in [3.63, 3.8) is 0 Å². The Labute approximate surface area is 251 Å². The standard InChI is InChI=1S/C29H33F3N8O2S/c1-39-10-12-40(13-11-39)19-6-7-20(22(16-19)36-18-8-14-42-15-9-18)28(41)38-27(34)25-26(33)35-17-24(37-25)43-23-5-3-2-4-21(23)29(30,31)32/h2-7,16-18,36H,8-15H2,1H3,(H2,33,35)(H2,34,38,41). The summed E-state index contributed by atoms with van der Waals surface area (Å²) in [5.41, 5.74) is 6.99. The first kappa shape index (κ1) is 30.6. The molecular formula is C29H33F3N8O2S. The number of likely N-dealkylation sites (N-methyl/N-ethyl adjacent to an activating group) is 1. The largest absolute Gasteiger partial charge is 0.417 e. The van der Waals surface area contributed by atoms with Crippen LogP contribution in [0.1, 0.15) is 34.5 Å². The third-order valence-corrected chi connectivity index (χ3v) is 8.34. The topological polar surface area (TPSA) is 132 Å². The quantitative estimate of drug-likeness (QED) is 0.227. The van der Waals surface area contributed by atoms with E-state index in [0.29, 0.717) is 24.5 Å². The molecule has 0 spiro atoms. The minimum absolute atomic E-state index is 0.0696. The van der Waals surface area contributed by atoms with Crippen molar-refractivity contribution in [2.24, 2.45) is 0 Å². The van der Waals surface area contributed by atoms with Gasteiger partial charge in [-0.3, -0.25) is 10.2 Å². The minimum atomic E-state index is -4.55. The number of nitrogens with zero attached hydrogens (tertiary/aromatic N) is 4. The first-order valence-corrected chi connectivity index (χ1v) is 14.7. The number of halogens is 3. The van der Waals surface area contributed by atoms with Crippen LogP contribution in [0.15, 0.2) is 58.6 Å². The molecule has 0 aliphatic carbocycles. The van der Waals surface area contributed by atoms with Crippen LogP contribution in [-0.2, 0) is 10.9 Å². The molecule has 2 fully saturated rings. The van der Waals surface area contributed by atoms with Crippen molar-refractivity contribution >= 4 is 40.7 Å². The van der Waals surface area contributed by atoms with Gasteiger partial charge in [-0.1, -0.05) is 23.9 Å². The molecule has 3 heterocycles. The van der Waals surface area contributed by atoms with Crippen molar-refractivity contribution in [2.75, 3.05) is 62.4 Å². The van der Waals surface area contributed by atoms with Gasteiger partial charge in [0.15, 0.2) is 11.7 Å². The van der Waals surface area contributed by atoms with Crippen LogP contribution in [0.25, 0.3) is 0 Å². The third kappa shape index (κ3) is 7.56. The minimum Gasteiger partial charge on any atom is -0.382 e. The molecular weight excluding hydrogens is 581 g/mol. The van der Waals surface area contributed by atoms with Gasteiger partial charge < -0.3 is 30.9 Å². The second kappa shape index (κ2) is 13.2. The molecule has 2 saturated heterocycles. The van der Waals surface area contributed by atoms with E-state index in [1.54, 1.807) is 6.07 Å². The highest BCUT2D eigenvalue weighted by atomic mass is 32.2. The zero-order valence-electron chi connectivity index (χ0n) is 23.6. The van der Waals surface area contributed by atoms with Crippen LogP contribution < -0.4 is 21.3 Å². The number of piperazine rings is 1. The van der Waals surface area contributed by atoms with Crippen LogP contribution in [0.2, 0.25) is 0 Å². The molecule has 5 rings (SSSR count). The number of amidine groups is 1. The molecule has 0 radical (unpaired) electrons. The Balaban J connectivity index is 1.36. The molecule has 43 heavy (non-hydrogen) atoms. The molecule has 0 atom stereocenters. The molecule has 1 aromatic heterocycles. The van der Waals surface area contributed by atoms with Crippen LogP contribution in [0.5, 0.6) is 0 Å². The maximum Gasteiger partial charge on any atom is 0.417 e. The van der Waals surface area contributed by atoms with Gasteiger partial charge >= 0.3 is 6.18 Å². The van der Waals surface area contributed by atoms with Crippen LogP contribution in [0.4, 0.5) is 30.4 Å². The number of hydrogen-bond acceptors (Lipinski definition) is 10. The average Bonchev–Trinajstić information content (AvgIpc) is 2.98. The number of nitrogen functional groups attached to an aromatic ring is 1. The highest BCUT2D eigenvalue weighted by Crippen LogP contribution is 2.39. The molecule has 2 aliphatic heterocycles. The van der Waals surface area contributed by atoms with Gasteiger partial charge in [0.25, 0.3) is 5.91 Å². The maximum atomic E-state index is 13.5. The van der Waals surface area contributed by atoms with E-state index in [1.807, 2.05) is 12.1 Å². The van der Waals surface area contributed by atoms with Crippen molar-refractivity contribution in [3.8, 4) is 0 Å². The monoisotopic (exact) mass is 614 g/mol. The van der Waals surface area contributed by atoms with Gasteiger partial charge in [0.2, 0.25) is 0 Å². The first-order valence-electron chi connectivity index (χ1n) is 13.9. The predicted molar refractivity (Wildman–Crippen MR) is 160 cm³/mol. The summed E-state index contributed by atoms with van der Waals surface area (Å²) in [6.07, 6.45) is -1.73. The van der Waals surface area contributed by atoms with Crippen LogP contribution in [0.3, 0.4) is 0 Å². The fraction of sp³-hybridized carbons (Fsp3) is 0.379. The number of benzene rings is 2. The van der Waals surface area contributed by atoms with E-state index in [9.17, 15) is 18.0 Å². The van der Waals surface area contributed by atoms with E-state index in [-0.39, 0.29) is 27.5 Å². The fourth-order valence-electron chi connectivity index (χ4n) is 4.93. The highest BCUT2D eigenvalue weighted by molar-refractivity contribution is 7.99. The zero-order valence-corrected chi connectivity index (χ0v) is 24.4. The lowest BCUT2D eigenvalue weighted by molar-refractivity contribution is -0.139. The summed E-state index contributed by atoms with van der Waals surface area (Å²) in [6.45, 7) is 4.85. The van der Waals surface area contributed by atoms with E-state index in [0.717, 1.165) is 62.5 Å². The van der Waals surface area contributed by atoms with E-state index >= 15 is 0 Å². The Hall–Kier alpha value is -3.88. The van der Waals surface area contributed by atoms with Crippen molar-refractivity contribution in [1.29, 1.82) is 5.41 Å². The summed E-state index contributed by atoms with van der Waals surface area (Å²) in [6, 6.07) is 10.8. The number of ether oxygens (including phenoxy) is 1. The van der Waals surface area contributed by atoms with Gasteiger partial charge in [0.1, 0.15) is 10.7 Å². The summed E-state index contributed by atoms with van der Waals surface area (Å²) < 4.78 is 45.9. The van der Waals surface area contributed by atoms with Crippen molar-refractivity contribution in [3.05, 3.63) is 65.5 Å². The molecule has 2 aromatic carbocycles. The molecule has 0 bridgehead atoms. The number of anilines is 3. The number of rotatable bonds is 7. The van der Waals surface area contributed by atoms with Gasteiger partial charge in [0.05, 0.1) is 17.3 Å². The number of alkyl halides is 3. The van der Waals surface area contributed by atoms with E-state index in [2.05, 4.69) is 37.4 Å². The number of nitrogens with one attached hydrogen (secondary N) is 3. The number of aromatic nitrogens is 2. The average molecular weight is 615 g/mol. The molecule has 14 heteroatoms. The Kier molecular flexibility index (Phi) is 9.37. The summed E-state index contributed by atoms with van der Waals surface area (Å²) in [7, 11) is 2.09. The molecule has 228 valence electrons. The number of carbonyl (C=O) groups excluding carboxylic acids is 1. The van der Waals surface area contributed by atoms with Crippen LogP contribution in [-0.4, -0.2) is 79.1 Å². The number of amides is 1. The lowest BCUT2D eigenvalue weighted by Gasteiger charge is -2.34. The summed E-state index contributed by atoms with van der Waals surface area (Å²) >= 11 is 0.747. The summed E-state index contributed by atoms with van der Waals surface area (Å²) in [5, 5.41) is 14.7. The fourth-order valence-corrected chi connectivity index (χ4v) is 5.84. The van der Waals surface area contributed by atoms with Crippen molar-refractivity contribution in [2.45, 2.75) is 35.0 Å². The summed E-state index contributed by atoms with van der Waals surface area (Å²) in [4.78, 5) is 26.3. The lowest BCUT2D eigenvalue weighted by atomic mass is 10.1. The van der Waals surface area contributed by atoms with Gasteiger partial charge in [0, 0.05) is 61.7 Å². The Morgan fingerprint density at radius 2 is 1.84 bits per heavy atom. The second-order valence-corrected chi connectivity index (χ2v) is 11.5. The summed E-state index contributed by atoms with van der Waals surface area (Å²) in [5.74, 6) is -1.10. The SMILES string of the molecule is CN1CCN(c2ccc(C(=O)NC(=N)c3nc(Sc4ccccc4C(F)(F)F)cnc3N)c(NC3CCOCC3)c2)CC1. The Morgan fingerprint density at radius 1 is 1.12 bits per heavy atom. The van der Waals surface area contributed by atoms with E-state index in [4.69, 9.17) is 15.9 Å². The van der Waals surface area contributed by atoms with Gasteiger partial charge in [-0.15, -0.1) is 0 Å². The zero-order chi connectivity index (χ0) is 30.6. The second-order valence-electron chi connectivity index (χ2n) is 10.4. The molecule has 2 aliphatic rings. The number of carbonyl (C=O) groups is 1. The van der Waals surface area contributed by atoms with Crippen molar-refractivity contribution in [1.82, 2.24) is 20.2 Å². The Bertz CT molecular complexity index is 1470. The molecule has 0 saturated carbocycles. The number of hydrogen-bond donors (Lipinski definition) is 4. The normalized spacial score (nSPS) is 16.6. The highest BCUT2D eigenvalue weighted by Gasteiger charge is 2.33. The molecule has 10 nitrogen and oxygen atoms in total. The van der Waals surface area contributed by atoms with Gasteiger partial charge in [-0.25, -0.2) is 9.97 Å².